The van der Waals surface area contributed by atoms with Crippen LogP contribution in [0, 0.1) is 11.7 Å². The van der Waals surface area contributed by atoms with Crippen LogP contribution in [0.5, 0.6) is 0 Å². The monoisotopic (exact) mass is 322 g/mol. The van der Waals surface area contributed by atoms with Crippen LogP contribution in [-0.2, 0) is 6.42 Å². The van der Waals surface area contributed by atoms with Crippen LogP contribution in [0.15, 0.2) is 24.3 Å². The van der Waals surface area contributed by atoms with Gasteiger partial charge in [0.25, 0.3) is 0 Å². The van der Waals surface area contributed by atoms with Crippen molar-refractivity contribution in [1.29, 1.82) is 0 Å². The molecule has 0 saturated carbocycles. The number of amides is 2. The third-order valence-electron chi connectivity index (χ3n) is 4.46. The second-order valence-corrected chi connectivity index (χ2v) is 6.54. The molecule has 1 heterocycles. The van der Waals surface area contributed by atoms with Crippen molar-refractivity contribution in [3.63, 3.8) is 0 Å². The zero-order valence-electron chi connectivity index (χ0n) is 14.0. The molecule has 0 aromatic heterocycles. The number of carbonyl (C=O) groups excluding carboxylic acids is 1. The van der Waals surface area contributed by atoms with Gasteiger partial charge in [-0.05, 0) is 42.9 Å². The third kappa shape index (κ3) is 4.67. The Labute approximate surface area is 137 Å². The van der Waals surface area contributed by atoms with Gasteiger partial charge in [-0.3, -0.25) is 0 Å². The zero-order valence-corrected chi connectivity index (χ0v) is 14.0. The van der Waals surface area contributed by atoms with Gasteiger partial charge in [-0.2, -0.15) is 0 Å². The van der Waals surface area contributed by atoms with Crippen LogP contribution in [0.2, 0.25) is 0 Å². The van der Waals surface area contributed by atoms with Gasteiger partial charge in [-0.15, -0.1) is 0 Å². The normalized spacial score (nSPS) is 18.3. The molecule has 23 heavy (non-hydrogen) atoms. The minimum absolute atomic E-state index is 0.0676. The van der Waals surface area contributed by atoms with Crippen LogP contribution in [0.25, 0.3) is 0 Å². The molecule has 0 bridgehead atoms. The molecule has 0 unspecified atom stereocenters. The largest absolute Gasteiger partial charge is 0.396 e. The fraction of sp³-hybridized carbons (Fsp3) is 0.611. The zero-order chi connectivity index (χ0) is 16.8. The van der Waals surface area contributed by atoms with Crippen molar-refractivity contribution >= 4 is 6.03 Å². The molecular weight excluding hydrogens is 295 g/mol. The summed E-state index contributed by atoms with van der Waals surface area (Å²) in [6, 6.07) is 6.84. The van der Waals surface area contributed by atoms with E-state index in [1.165, 1.54) is 12.1 Å². The van der Waals surface area contributed by atoms with Crippen molar-refractivity contribution in [3.8, 4) is 0 Å². The Bertz CT molecular complexity index is 521. The van der Waals surface area contributed by atoms with E-state index in [1.807, 2.05) is 15.9 Å². The van der Waals surface area contributed by atoms with Crippen molar-refractivity contribution in [3.05, 3.63) is 35.6 Å². The highest BCUT2D eigenvalue weighted by Crippen LogP contribution is 2.23. The third-order valence-corrected chi connectivity index (χ3v) is 4.46. The van der Waals surface area contributed by atoms with Gasteiger partial charge >= 0.3 is 6.03 Å². The number of benzene rings is 1. The smallest absolute Gasteiger partial charge is 0.320 e. The number of halogens is 1. The molecule has 1 aromatic rings. The van der Waals surface area contributed by atoms with Gasteiger partial charge in [-0.1, -0.05) is 26.0 Å². The molecule has 4 nitrogen and oxygen atoms in total. The number of aliphatic hydroxyl groups excluding tert-OH is 1. The highest BCUT2D eigenvalue weighted by molar-refractivity contribution is 5.77. The first kappa shape index (κ1) is 17.7. The number of hydrogen-bond donors (Lipinski definition) is 1. The maximum Gasteiger partial charge on any atom is 0.320 e. The Morgan fingerprint density at radius 1 is 1.30 bits per heavy atom. The van der Waals surface area contributed by atoms with E-state index >= 15 is 0 Å². The lowest BCUT2D eigenvalue weighted by Gasteiger charge is -2.26. The van der Waals surface area contributed by atoms with Gasteiger partial charge in [0, 0.05) is 26.2 Å². The standard InChI is InChI=1S/C18H27FN2O2/c1-14(2)17-13-20(9-3-4-11-22)18(23)21(17)10-8-15-6-5-7-16(19)12-15/h5-7,12,14,17,22H,3-4,8-11,13H2,1-2H3/t17-/m1/s1. The van der Waals surface area contributed by atoms with E-state index in [1.54, 1.807) is 6.07 Å². The molecular formula is C18H27FN2O2. The van der Waals surface area contributed by atoms with Crippen molar-refractivity contribution in [2.75, 3.05) is 26.2 Å². The molecule has 2 rings (SSSR count). The van der Waals surface area contributed by atoms with E-state index in [4.69, 9.17) is 5.11 Å². The first-order valence-electron chi connectivity index (χ1n) is 8.43. The van der Waals surface area contributed by atoms with Crippen LogP contribution in [0.1, 0.15) is 32.3 Å². The van der Waals surface area contributed by atoms with Gasteiger partial charge < -0.3 is 14.9 Å². The summed E-state index contributed by atoms with van der Waals surface area (Å²) in [7, 11) is 0. The molecule has 1 saturated heterocycles. The summed E-state index contributed by atoms with van der Waals surface area (Å²) in [6.07, 6.45) is 2.21. The molecule has 1 atom stereocenters. The van der Waals surface area contributed by atoms with Crippen molar-refractivity contribution in [2.24, 2.45) is 5.92 Å². The molecule has 0 aliphatic carbocycles. The molecule has 2 amide bonds. The summed E-state index contributed by atoms with van der Waals surface area (Å²) in [5.41, 5.74) is 0.916. The van der Waals surface area contributed by atoms with Gasteiger partial charge in [0.15, 0.2) is 0 Å². The van der Waals surface area contributed by atoms with Crippen LogP contribution in [-0.4, -0.2) is 53.2 Å². The number of nitrogens with zero attached hydrogens (tertiary/aromatic N) is 2. The fourth-order valence-electron chi connectivity index (χ4n) is 3.10. The minimum Gasteiger partial charge on any atom is -0.396 e. The molecule has 5 heteroatoms. The molecule has 1 aliphatic rings. The second-order valence-electron chi connectivity index (χ2n) is 6.54. The van der Waals surface area contributed by atoms with Gasteiger partial charge in [-0.25, -0.2) is 9.18 Å². The highest BCUT2D eigenvalue weighted by atomic mass is 19.1. The molecule has 1 N–H and O–H groups in total. The summed E-state index contributed by atoms with van der Waals surface area (Å²) in [4.78, 5) is 16.4. The number of aliphatic hydroxyl groups is 1. The maximum absolute atomic E-state index is 13.3. The van der Waals surface area contributed by atoms with Crippen LogP contribution >= 0.6 is 0 Å². The van der Waals surface area contributed by atoms with E-state index in [0.717, 1.165) is 24.9 Å². The summed E-state index contributed by atoms with van der Waals surface area (Å²) >= 11 is 0. The molecule has 1 fully saturated rings. The summed E-state index contributed by atoms with van der Waals surface area (Å²) < 4.78 is 13.3. The highest BCUT2D eigenvalue weighted by Gasteiger charge is 2.37. The number of unbranched alkanes of at least 4 members (excludes halogenated alkanes) is 1. The van der Waals surface area contributed by atoms with Crippen LogP contribution in [0.3, 0.4) is 0 Å². The van der Waals surface area contributed by atoms with Gasteiger partial charge in [0.05, 0.1) is 6.04 Å². The topological polar surface area (TPSA) is 43.8 Å². The first-order valence-corrected chi connectivity index (χ1v) is 8.43. The predicted octanol–water partition coefficient (Wildman–Crippen LogP) is 2.90. The van der Waals surface area contributed by atoms with E-state index in [-0.39, 0.29) is 24.5 Å². The lowest BCUT2D eigenvalue weighted by molar-refractivity contribution is 0.179. The Kier molecular flexibility index (Phi) is 6.39. The number of carbonyl (C=O) groups is 1. The lowest BCUT2D eigenvalue weighted by Crippen LogP contribution is -2.39. The van der Waals surface area contributed by atoms with E-state index in [0.29, 0.717) is 25.4 Å². The summed E-state index contributed by atoms with van der Waals surface area (Å²) in [5, 5.41) is 8.89. The average molecular weight is 322 g/mol. The average Bonchev–Trinajstić information content (AvgIpc) is 2.82. The van der Waals surface area contributed by atoms with Crippen molar-refractivity contribution < 1.29 is 14.3 Å². The lowest BCUT2D eigenvalue weighted by atomic mass is 10.0. The van der Waals surface area contributed by atoms with E-state index in [2.05, 4.69) is 13.8 Å². The van der Waals surface area contributed by atoms with Crippen LogP contribution in [0.4, 0.5) is 9.18 Å². The second kappa shape index (κ2) is 8.29. The predicted molar refractivity (Wildman–Crippen MR) is 88.7 cm³/mol. The van der Waals surface area contributed by atoms with Gasteiger partial charge in [0.1, 0.15) is 5.82 Å². The maximum atomic E-state index is 13.3. The molecule has 0 spiro atoms. The van der Waals surface area contributed by atoms with E-state index < -0.39 is 0 Å². The summed E-state index contributed by atoms with van der Waals surface area (Å²) in [6.45, 7) is 6.47. The van der Waals surface area contributed by atoms with Crippen LogP contribution < -0.4 is 0 Å². The minimum atomic E-state index is -0.235. The number of rotatable bonds is 8. The quantitative estimate of drug-likeness (QED) is 0.748. The SMILES string of the molecule is CC(C)[C@H]1CN(CCCCO)C(=O)N1CCc1cccc(F)c1. The fourth-order valence-corrected chi connectivity index (χ4v) is 3.10. The molecule has 0 radical (unpaired) electrons. The van der Waals surface area contributed by atoms with Gasteiger partial charge in [0.2, 0.25) is 0 Å². The molecule has 1 aromatic carbocycles. The number of hydrogen-bond acceptors (Lipinski definition) is 2. The Balaban J connectivity index is 1.98. The first-order chi connectivity index (χ1) is 11.0. The molecule has 1 aliphatic heterocycles. The Morgan fingerprint density at radius 3 is 2.74 bits per heavy atom. The Morgan fingerprint density at radius 2 is 2.09 bits per heavy atom. The summed E-state index contributed by atoms with van der Waals surface area (Å²) in [5.74, 6) is 0.149. The van der Waals surface area contributed by atoms with E-state index in [9.17, 15) is 9.18 Å². The molecule has 128 valence electrons. The van der Waals surface area contributed by atoms with Crippen molar-refractivity contribution in [2.45, 2.75) is 39.2 Å². The Hall–Kier alpha value is -1.62. The van der Waals surface area contributed by atoms with Crippen molar-refractivity contribution in [1.82, 2.24) is 9.80 Å². The number of urea groups is 1.